The zero-order valence-corrected chi connectivity index (χ0v) is 11.7. The molecular formula is C15H18F2N2O2. The van der Waals surface area contributed by atoms with E-state index in [4.69, 9.17) is 5.11 Å². The highest BCUT2D eigenvalue weighted by Crippen LogP contribution is 2.41. The molecule has 0 atom stereocenters. The number of aromatic carboxylic acids is 1. The molecule has 0 saturated heterocycles. The van der Waals surface area contributed by atoms with Gasteiger partial charge in [-0.3, -0.25) is 0 Å². The molecule has 0 aromatic carbocycles. The number of carbonyl (C=O) groups is 1. The van der Waals surface area contributed by atoms with E-state index in [0.717, 1.165) is 6.54 Å². The Labute approximate surface area is 121 Å². The first kappa shape index (κ1) is 14.4. The van der Waals surface area contributed by atoms with E-state index in [9.17, 15) is 13.6 Å². The lowest BCUT2D eigenvalue weighted by molar-refractivity contribution is -0.00609. The number of carboxylic acid groups (broad SMARTS) is 1. The van der Waals surface area contributed by atoms with Crippen LogP contribution in [0.4, 0.5) is 8.78 Å². The first-order chi connectivity index (χ1) is 9.97. The molecule has 0 unspecified atom stereocenters. The SMILES string of the molecule is O=C(O)c1cc(CNCC2CCC2)c2c(n1)C(F)(F)CC2. The number of fused-ring (bicyclic) bond motifs is 1. The molecule has 4 nitrogen and oxygen atoms in total. The van der Waals surface area contributed by atoms with Gasteiger partial charge in [-0.15, -0.1) is 0 Å². The summed E-state index contributed by atoms with van der Waals surface area (Å²) in [6, 6.07) is 1.43. The molecule has 21 heavy (non-hydrogen) atoms. The maximum atomic E-state index is 13.8. The number of carboxylic acids is 1. The van der Waals surface area contributed by atoms with Gasteiger partial charge < -0.3 is 10.4 Å². The van der Waals surface area contributed by atoms with Crippen molar-refractivity contribution in [3.63, 3.8) is 0 Å². The quantitative estimate of drug-likeness (QED) is 0.877. The first-order valence-electron chi connectivity index (χ1n) is 7.32. The van der Waals surface area contributed by atoms with Gasteiger partial charge in [0, 0.05) is 13.0 Å². The Hall–Kier alpha value is -1.56. The number of aromatic nitrogens is 1. The molecule has 0 aliphatic heterocycles. The van der Waals surface area contributed by atoms with Crippen molar-refractivity contribution in [1.82, 2.24) is 10.3 Å². The number of hydrogen-bond acceptors (Lipinski definition) is 3. The second-order valence-corrected chi connectivity index (χ2v) is 5.93. The third-order valence-corrected chi connectivity index (χ3v) is 4.44. The van der Waals surface area contributed by atoms with Crippen LogP contribution in [-0.2, 0) is 18.9 Å². The van der Waals surface area contributed by atoms with Gasteiger partial charge in [0.1, 0.15) is 11.4 Å². The van der Waals surface area contributed by atoms with Gasteiger partial charge in [-0.05, 0) is 48.9 Å². The molecule has 2 aliphatic carbocycles. The third kappa shape index (κ3) is 2.77. The first-order valence-corrected chi connectivity index (χ1v) is 7.32. The smallest absolute Gasteiger partial charge is 0.354 e. The zero-order valence-electron chi connectivity index (χ0n) is 11.7. The van der Waals surface area contributed by atoms with Gasteiger partial charge in [-0.25, -0.2) is 9.78 Å². The van der Waals surface area contributed by atoms with Gasteiger partial charge >= 0.3 is 5.97 Å². The summed E-state index contributed by atoms with van der Waals surface area (Å²) in [7, 11) is 0. The highest BCUT2D eigenvalue weighted by molar-refractivity contribution is 5.85. The molecule has 0 amide bonds. The number of hydrogen-bond donors (Lipinski definition) is 2. The van der Waals surface area contributed by atoms with Crippen molar-refractivity contribution in [1.29, 1.82) is 0 Å². The fourth-order valence-electron chi connectivity index (χ4n) is 2.98. The summed E-state index contributed by atoms with van der Waals surface area (Å²) in [6.45, 7) is 1.29. The van der Waals surface area contributed by atoms with Crippen LogP contribution in [0.2, 0.25) is 0 Å². The molecule has 1 fully saturated rings. The van der Waals surface area contributed by atoms with E-state index in [1.807, 2.05) is 0 Å². The Bertz CT molecular complexity index is 571. The molecule has 1 heterocycles. The maximum Gasteiger partial charge on any atom is 0.354 e. The Morgan fingerprint density at radius 3 is 2.86 bits per heavy atom. The van der Waals surface area contributed by atoms with E-state index in [1.165, 1.54) is 25.3 Å². The normalized spacial score (nSPS) is 20.1. The van der Waals surface area contributed by atoms with Crippen LogP contribution in [0.1, 0.15) is 53.0 Å². The number of pyridine rings is 1. The molecule has 0 spiro atoms. The molecule has 6 heteroatoms. The highest BCUT2D eigenvalue weighted by Gasteiger charge is 2.42. The van der Waals surface area contributed by atoms with Crippen molar-refractivity contribution in [3.8, 4) is 0 Å². The van der Waals surface area contributed by atoms with Crippen LogP contribution in [0.15, 0.2) is 6.07 Å². The monoisotopic (exact) mass is 296 g/mol. The summed E-state index contributed by atoms with van der Waals surface area (Å²) < 4.78 is 27.6. The van der Waals surface area contributed by atoms with Crippen LogP contribution in [-0.4, -0.2) is 22.6 Å². The summed E-state index contributed by atoms with van der Waals surface area (Å²) >= 11 is 0. The lowest BCUT2D eigenvalue weighted by atomic mass is 9.85. The molecule has 1 aromatic heterocycles. The van der Waals surface area contributed by atoms with Gasteiger partial charge in [0.05, 0.1) is 0 Å². The van der Waals surface area contributed by atoms with Crippen LogP contribution in [0.3, 0.4) is 0 Å². The summed E-state index contributed by atoms with van der Waals surface area (Å²) in [5, 5.41) is 12.3. The number of nitrogens with one attached hydrogen (secondary N) is 1. The van der Waals surface area contributed by atoms with Crippen molar-refractivity contribution in [2.24, 2.45) is 5.92 Å². The van der Waals surface area contributed by atoms with Crippen LogP contribution < -0.4 is 5.32 Å². The summed E-state index contributed by atoms with van der Waals surface area (Å²) in [6.07, 6.45) is 3.65. The predicted octanol–water partition coefficient (Wildman–Crippen LogP) is 2.71. The van der Waals surface area contributed by atoms with Gasteiger partial charge in [0.2, 0.25) is 0 Å². The van der Waals surface area contributed by atoms with Crippen LogP contribution >= 0.6 is 0 Å². The van der Waals surface area contributed by atoms with Crippen molar-refractivity contribution in [2.75, 3.05) is 6.54 Å². The largest absolute Gasteiger partial charge is 0.477 e. The number of halogens is 2. The summed E-state index contributed by atoms with van der Waals surface area (Å²) in [5.74, 6) is -3.61. The molecule has 114 valence electrons. The minimum atomic E-state index is -3.01. The second kappa shape index (κ2) is 5.33. The van der Waals surface area contributed by atoms with Gasteiger partial charge in [-0.1, -0.05) is 6.42 Å². The second-order valence-electron chi connectivity index (χ2n) is 5.93. The molecule has 2 aliphatic rings. The number of rotatable bonds is 5. The number of alkyl halides is 2. The fraction of sp³-hybridized carbons (Fsp3) is 0.600. The molecule has 3 rings (SSSR count). The zero-order chi connectivity index (χ0) is 15.0. The number of nitrogens with zero attached hydrogens (tertiary/aromatic N) is 1. The summed E-state index contributed by atoms with van der Waals surface area (Å²) in [4.78, 5) is 14.7. The Balaban J connectivity index is 1.82. The van der Waals surface area contributed by atoms with Crippen molar-refractivity contribution in [3.05, 3.63) is 28.6 Å². The minimum absolute atomic E-state index is 0.260. The van der Waals surface area contributed by atoms with E-state index >= 15 is 0 Å². The highest BCUT2D eigenvalue weighted by atomic mass is 19.3. The van der Waals surface area contributed by atoms with Gasteiger partial charge in [-0.2, -0.15) is 8.78 Å². The van der Waals surface area contributed by atoms with E-state index in [2.05, 4.69) is 10.3 Å². The molecule has 0 bridgehead atoms. The third-order valence-electron chi connectivity index (χ3n) is 4.44. The topological polar surface area (TPSA) is 62.2 Å². The van der Waals surface area contributed by atoms with Crippen LogP contribution in [0.5, 0.6) is 0 Å². The Kier molecular flexibility index (Phi) is 3.65. The summed E-state index contributed by atoms with van der Waals surface area (Å²) in [5.41, 5.74) is 0.527. The minimum Gasteiger partial charge on any atom is -0.477 e. The van der Waals surface area contributed by atoms with Crippen LogP contribution in [0.25, 0.3) is 0 Å². The molecule has 1 saturated carbocycles. The molecular weight excluding hydrogens is 278 g/mol. The fourth-order valence-corrected chi connectivity index (χ4v) is 2.98. The van der Waals surface area contributed by atoms with Gasteiger partial charge in [0.15, 0.2) is 0 Å². The Morgan fingerprint density at radius 2 is 2.24 bits per heavy atom. The van der Waals surface area contributed by atoms with E-state index in [0.29, 0.717) is 23.6 Å². The van der Waals surface area contributed by atoms with Crippen LogP contribution in [0, 0.1) is 5.92 Å². The average Bonchev–Trinajstić information content (AvgIpc) is 2.68. The Morgan fingerprint density at radius 1 is 1.48 bits per heavy atom. The standard InChI is InChI=1S/C15H18F2N2O2/c16-15(17)5-4-11-10(8-18-7-9-2-1-3-9)6-12(14(20)21)19-13(11)15/h6,9,18H,1-5,7-8H2,(H,20,21). The predicted molar refractivity (Wildman–Crippen MR) is 72.5 cm³/mol. The lowest BCUT2D eigenvalue weighted by Gasteiger charge is -2.25. The molecule has 2 N–H and O–H groups in total. The van der Waals surface area contributed by atoms with Crippen molar-refractivity contribution >= 4 is 5.97 Å². The van der Waals surface area contributed by atoms with Crippen molar-refractivity contribution < 1.29 is 18.7 Å². The maximum absolute atomic E-state index is 13.8. The van der Waals surface area contributed by atoms with E-state index < -0.39 is 11.9 Å². The van der Waals surface area contributed by atoms with E-state index in [-0.39, 0.29) is 24.2 Å². The van der Waals surface area contributed by atoms with Gasteiger partial charge in [0.25, 0.3) is 5.92 Å². The molecule has 1 aromatic rings. The van der Waals surface area contributed by atoms with E-state index in [1.54, 1.807) is 0 Å². The average molecular weight is 296 g/mol. The molecule has 0 radical (unpaired) electrons. The lowest BCUT2D eigenvalue weighted by Crippen LogP contribution is -2.27. The van der Waals surface area contributed by atoms with Crippen molar-refractivity contribution in [2.45, 2.75) is 44.6 Å².